The van der Waals surface area contributed by atoms with Crippen molar-refractivity contribution in [3.8, 4) is 0 Å². The summed E-state index contributed by atoms with van der Waals surface area (Å²) in [4.78, 5) is 2.31. The quantitative estimate of drug-likeness (QED) is 0.205. The number of benzene rings is 5. The molecule has 0 aliphatic rings. The molecule has 0 N–H and O–H groups in total. The molecular formula is C37H33N. The van der Waals surface area contributed by atoms with E-state index in [-0.39, 0.29) is 0 Å². The van der Waals surface area contributed by atoms with Gasteiger partial charge in [-0.2, -0.15) is 0 Å². The highest BCUT2D eigenvalue weighted by Crippen LogP contribution is 2.35. The molecule has 0 saturated heterocycles. The zero-order chi connectivity index (χ0) is 26.3. The van der Waals surface area contributed by atoms with E-state index in [1.165, 1.54) is 38.9 Å². The summed E-state index contributed by atoms with van der Waals surface area (Å²) in [5, 5.41) is 0. The molecule has 0 bridgehead atoms. The van der Waals surface area contributed by atoms with Crippen molar-refractivity contribution < 1.29 is 0 Å². The van der Waals surface area contributed by atoms with Gasteiger partial charge in [-0.25, -0.2) is 0 Å². The van der Waals surface area contributed by atoms with Crippen molar-refractivity contribution in [1.82, 2.24) is 0 Å². The lowest BCUT2D eigenvalue weighted by Crippen LogP contribution is -2.09. The fraction of sp³-hybridized carbons (Fsp3) is 0.0811. The molecule has 0 atom stereocenters. The maximum Gasteiger partial charge on any atom is 0.0462 e. The zero-order valence-electron chi connectivity index (χ0n) is 22.3. The number of nitrogens with zero attached hydrogens (tertiary/aromatic N) is 1. The molecule has 5 aromatic carbocycles. The predicted molar refractivity (Wildman–Crippen MR) is 166 cm³/mol. The van der Waals surface area contributed by atoms with E-state index in [4.69, 9.17) is 0 Å². The Kier molecular flexibility index (Phi) is 7.66. The summed E-state index contributed by atoms with van der Waals surface area (Å²) in [5.74, 6) is 0. The average molecular weight is 492 g/mol. The van der Waals surface area contributed by atoms with Gasteiger partial charge in [0.15, 0.2) is 0 Å². The van der Waals surface area contributed by atoms with Gasteiger partial charge < -0.3 is 4.90 Å². The van der Waals surface area contributed by atoms with E-state index in [1.54, 1.807) is 0 Å². The molecule has 0 aromatic heterocycles. The number of hydrogen-bond donors (Lipinski definition) is 0. The second kappa shape index (κ2) is 11.6. The first kappa shape index (κ1) is 25.0. The highest BCUT2D eigenvalue weighted by atomic mass is 15.1. The van der Waals surface area contributed by atoms with Gasteiger partial charge in [-0.1, -0.05) is 126 Å². The molecule has 0 unspecified atom stereocenters. The van der Waals surface area contributed by atoms with Gasteiger partial charge in [0.2, 0.25) is 0 Å². The summed E-state index contributed by atoms with van der Waals surface area (Å²) in [6.07, 6.45) is 8.66. The largest absolute Gasteiger partial charge is 0.311 e. The standard InChI is InChI=1S/C37H33N/c1-28-4-10-31(11-5-28)14-16-33-18-24-36(25-19-33)38(35-22-8-30(3)9-23-35)37-26-20-34(21-27-37)17-15-32-12-6-29(2)7-13-32/h4-27H,1-3H3. The van der Waals surface area contributed by atoms with E-state index in [0.717, 1.165) is 17.1 Å². The molecule has 1 heteroatoms. The van der Waals surface area contributed by atoms with E-state index in [0.29, 0.717) is 0 Å². The van der Waals surface area contributed by atoms with Gasteiger partial charge >= 0.3 is 0 Å². The molecule has 0 spiro atoms. The van der Waals surface area contributed by atoms with Gasteiger partial charge in [0.1, 0.15) is 0 Å². The lowest BCUT2D eigenvalue weighted by molar-refractivity contribution is 1.27. The monoisotopic (exact) mass is 491 g/mol. The summed E-state index contributed by atoms with van der Waals surface area (Å²) in [6.45, 7) is 6.35. The summed E-state index contributed by atoms with van der Waals surface area (Å²) < 4.78 is 0. The van der Waals surface area contributed by atoms with Crippen LogP contribution in [0, 0.1) is 20.8 Å². The van der Waals surface area contributed by atoms with Crippen LogP contribution in [0.25, 0.3) is 24.3 Å². The average Bonchev–Trinajstić information content (AvgIpc) is 2.95. The molecule has 0 aliphatic heterocycles. The van der Waals surface area contributed by atoms with E-state index in [2.05, 4.69) is 171 Å². The van der Waals surface area contributed by atoms with Crippen molar-refractivity contribution >= 4 is 41.4 Å². The third kappa shape index (κ3) is 6.38. The molecule has 186 valence electrons. The van der Waals surface area contributed by atoms with Crippen molar-refractivity contribution in [2.24, 2.45) is 0 Å². The molecule has 1 nitrogen and oxygen atoms in total. The highest BCUT2D eigenvalue weighted by molar-refractivity contribution is 5.79. The fourth-order valence-corrected chi connectivity index (χ4v) is 4.35. The number of hydrogen-bond acceptors (Lipinski definition) is 1. The molecule has 5 aromatic rings. The maximum atomic E-state index is 2.31. The van der Waals surface area contributed by atoms with Crippen LogP contribution < -0.4 is 4.90 Å². The zero-order valence-corrected chi connectivity index (χ0v) is 22.3. The van der Waals surface area contributed by atoms with Crippen molar-refractivity contribution in [2.45, 2.75) is 20.8 Å². The fourth-order valence-electron chi connectivity index (χ4n) is 4.35. The van der Waals surface area contributed by atoms with Crippen LogP contribution in [0.1, 0.15) is 38.9 Å². The van der Waals surface area contributed by atoms with Gasteiger partial charge in [0, 0.05) is 17.1 Å². The topological polar surface area (TPSA) is 3.24 Å². The third-order valence-electron chi connectivity index (χ3n) is 6.69. The third-order valence-corrected chi connectivity index (χ3v) is 6.69. The van der Waals surface area contributed by atoms with Crippen LogP contribution in [0.2, 0.25) is 0 Å². The predicted octanol–water partition coefficient (Wildman–Crippen LogP) is 10.4. The normalized spacial score (nSPS) is 11.3. The Morgan fingerprint density at radius 3 is 0.816 bits per heavy atom. The van der Waals surface area contributed by atoms with E-state index >= 15 is 0 Å². The van der Waals surface area contributed by atoms with Crippen LogP contribution >= 0.6 is 0 Å². The minimum atomic E-state index is 1.13. The Balaban J connectivity index is 1.40. The van der Waals surface area contributed by atoms with Crippen LogP contribution in [0.4, 0.5) is 17.1 Å². The maximum absolute atomic E-state index is 2.31. The summed E-state index contributed by atoms with van der Waals surface area (Å²) in [6, 6.07) is 43.4. The second-order valence-corrected chi connectivity index (χ2v) is 9.84. The van der Waals surface area contributed by atoms with Crippen molar-refractivity contribution in [3.05, 3.63) is 160 Å². The molecule has 0 heterocycles. The molecule has 5 rings (SSSR count). The molecule has 0 saturated carbocycles. The molecule has 38 heavy (non-hydrogen) atoms. The number of rotatable bonds is 7. The van der Waals surface area contributed by atoms with Crippen LogP contribution in [-0.2, 0) is 0 Å². The Bertz CT molecular complexity index is 1420. The van der Waals surface area contributed by atoms with Crippen LogP contribution in [0.15, 0.2) is 121 Å². The van der Waals surface area contributed by atoms with E-state index in [1.807, 2.05) is 0 Å². The Labute approximate surface area is 227 Å². The molecular weight excluding hydrogens is 458 g/mol. The second-order valence-electron chi connectivity index (χ2n) is 9.84. The van der Waals surface area contributed by atoms with Crippen molar-refractivity contribution in [3.63, 3.8) is 0 Å². The summed E-state index contributed by atoms with van der Waals surface area (Å²) >= 11 is 0. The Morgan fingerprint density at radius 1 is 0.316 bits per heavy atom. The first-order valence-electron chi connectivity index (χ1n) is 13.1. The highest BCUT2D eigenvalue weighted by Gasteiger charge is 2.12. The first-order valence-corrected chi connectivity index (χ1v) is 13.1. The van der Waals surface area contributed by atoms with Crippen LogP contribution in [-0.4, -0.2) is 0 Å². The minimum absolute atomic E-state index is 1.13. The van der Waals surface area contributed by atoms with Gasteiger partial charge in [-0.05, 0) is 79.4 Å². The van der Waals surface area contributed by atoms with E-state index < -0.39 is 0 Å². The molecule has 0 amide bonds. The van der Waals surface area contributed by atoms with E-state index in [9.17, 15) is 0 Å². The number of anilines is 3. The lowest BCUT2D eigenvalue weighted by atomic mass is 10.1. The van der Waals surface area contributed by atoms with Gasteiger partial charge in [-0.3, -0.25) is 0 Å². The van der Waals surface area contributed by atoms with Crippen LogP contribution in [0.5, 0.6) is 0 Å². The summed E-state index contributed by atoms with van der Waals surface area (Å²) in [7, 11) is 0. The first-order chi connectivity index (χ1) is 18.5. The van der Waals surface area contributed by atoms with Crippen molar-refractivity contribution in [1.29, 1.82) is 0 Å². The van der Waals surface area contributed by atoms with Gasteiger partial charge in [0.05, 0.1) is 0 Å². The summed E-state index contributed by atoms with van der Waals surface area (Å²) in [5.41, 5.74) is 12.0. The van der Waals surface area contributed by atoms with Gasteiger partial charge in [-0.15, -0.1) is 0 Å². The van der Waals surface area contributed by atoms with Crippen LogP contribution in [0.3, 0.4) is 0 Å². The molecule has 0 radical (unpaired) electrons. The SMILES string of the molecule is Cc1ccc(C=Cc2ccc(N(c3ccc(C)cc3)c3ccc(C=Cc4ccc(C)cc4)cc3)cc2)cc1. The Morgan fingerprint density at radius 2 is 0.526 bits per heavy atom. The Hall–Kier alpha value is -4.62. The van der Waals surface area contributed by atoms with Gasteiger partial charge in [0.25, 0.3) is 0 Å². The van der Waals surface area contributed by atoms with Crippen molar-refractivity contribution in [2.75, 3.05) is 4.90 Å². The molecule has 0 aliphatic carbocycles. The molecule has 0 fully saturated rings. The lowest BCUT2D eigenvalue weighted by Gasteiger charge is -2.26. The number of aryl methyl sites for hydroxylation is 3. The minimum Gasteiger partial charge on any atom is -0.311 e. The smallest absolute Gasteiger partial charge is 0.0462 e.